The summed E-state index contributed by atoms with van der Waals surface area (Å²) >= 11 is 1.88. The number of unbranched alkanes of at least 4 members (excludes halogenated alkanes) is 3. The fourth-order valence-corrected chi connectivity index (χ4v) is 3.21. The summed E-state index contributed by atoms with van der Waals surface area (Å²) in [6, 6.07) is 5.63. The normalized spacial score (nSPS) is 14.6. The molecule has 0 radical (unpaired) electrons. The molecule has 0 saturated heterocycles. The van der Waals surface area contributed by atoms with E-state index in [1.165, 1.54) is 49.8 Å². The van der Waals surface area contributed by atoms with Crippen LogP contribution in [0.15, 0.2) is 17.5 Å². The van der Waals surface area contributed by atoms with Crippen molar-refractivity contribution in [2.75, 3.05) is 0 Å². The molecule has 2 atom stereocenters. The highest BCUT2D eigenvalue weighted by molar-refractivity contribution is 7.10. The molecule has 0 spiro atoms. The Morgan fingerprint density at radius 3 is 2.56 bits per heavy atom. The van der Waals surface area contributed by atoms with E-state index in [0.29, 0.717) is 12.1 Å². The molecule has 2 unspecified atom stereocenters. The molecule has 1 nitrogen and oxygen atoms in total. The van der Waals surface area contributed by atoms with Crippen molar-refractivity contribution in [2.45, 2.75) is 77.8 Å². The summed E-state index contributed by atoms with van der Waals surface area (Å²) in [5.74, 6) is 0. The fourth-order valence-electron chi connectivity index (χ4n) is 2.39. The lowest BCUT2D eigenvalue weighted by atomic mass is 10.1. The van der Waals surface area contributed by atoms with E-state index in [1.54, 1.807) is 0 Å². The lowest BCUT2D eigenvalue weighted by molar-refractivity contribution is 0.406. The Bertz CT molecular complexity index is 281. The third-order valence-corrected chi connectivity index (χ3v) is 4.43. The average molecular weight is 267 g/mol. The van der Waals surface area contributed by atoms with E-state index in [4.69, 9.17) is 0 Å². The molecule has 18 heavy (non-hydrogen) atoms. The zero-order valence-corrected chi connectivity index (χ0v) is 13.1. The molecule has 0 fully saturated rings. The third kappa shape index (κ3) is 6.01. The molecule has 0 aliphatic heterocycles. The molecular formula is C16H29NS. The van der Waals surface area contributed by atoms with Crippen LogP contribution in [0.4, 0.5) is 0 Å². The van der Waals surface area contributed by atoms with Gasteiger partial charge in [-0.05, 0) is 31.2 Å². The van der Waals surface area contributed by atoms with Gasteiger partial charge in [-0.25, -0.2) is 0 Å². The van der Waals surface area contributed by atoms with Gasteiger partial charge in [-0.2, -0.15) is 0 Å². The van der Waals surface area contributed by atoms with Crippen LogP contribution in [-0.4, -0.2) is 6.04 Å². The smallest absolute Gasteiger partial charge is 0.0416 e. The first-order valence-electron chi connectivity index (χ1n) is 7.57. The van der Waals surface area contributed by atoms with E-state index >= 15 is 0 Å². The summed E-state index contributed by atoms with van der Waals surface area (Å²) in [6.07, 6.45) is 9.28. The Balaban J connectivity index is 2.32. The molecule has 0 aliphatic rings. The SMILES string of the molecule is CCCCCCC(C)NC(CCC)c1cccs1. The van der Waals surface area contributed by atoms with Gasteiger partial charge >= 0.3 is 0 Å². The summed E-state index contributed by atoms with van der Waals surface area (Å²) in [6.45, 7) is 6.88. The molecule has 0 aromatic carbocycles. The number of rotatable bonds is 10. The summed E-state index contributed by atoms with van der Waals surface area (Å²) in [7, 11) is 0. The molecule has 0 saturated carbocycles. The van der Waals surface area contributed by atoms with Gasteiger partial charge in [0.15, 0.2) is 0 Å². The van der Waals surface area contributed by atoms with Gasteiger partial charge in [0.05, 0.1) is 0 Å². The first kappa shape index (κ1) is 15.7. The molecule has 2 heteroatoms. The topological polar surface area (TPSA) is 12.0 Å². The predicted molar refractivity (Wildman–Crippen MR) is 83.3 cm³/mol. The number of hydrogen-bond acceptors (Lipinski definition) is 2. The highest BCUT2D eigenvalue weighted by atomic mass is 32.1. The van der Waals surface area contributed by atoms with Crippen molar-refractivity contribution in [3.63, 3.8) is 0 Å². The number of nitrogens with one attached hydrogen (secondary N) is 1. The molecule has 0 bridgehead atoms. The summed E-state index contributed by atoms with van der Waals surface area (Å²) in [5.41, 5.74) is 0. The molecule has 1 aromatic heterocycles. The molecule has 0 aliphatic carbocycles. The Morgan fingerprint density at radius 1 is 1.11 bits per heavy atom. The van der Waals surface area contributed by atoms with Crippen LogP contribution in [0, 0.1) is 0 Å². The Kier molecular flexibility index (Phi) is 8.36. The first-order valence-corrected chi connectivity index (χ1v) is 8.45. The van der Waals surface area contributed by atoms with E-state index < -0.39 is 0 Å². The maximum atomic E-state index is 3.81. The minimum atomic E-state index is 0.566. The zero-order chi connectivity index (χ0) is 13.2. The molecular weight excluding hydrogens is 238 g/mol. The van der Waals surface area contributed by atoms with Crippen LogP contribution in [0.5, 0.6) is 0 Å². The summed E-state index contributed by atoms with van der Waals surface area (Å²) in [4.78, 5) is 1.50. The maximum Gasteiger partial charge on any atom is 0.0416 e. The minimum absolute atomic E-state index is 0.566. The van der Waals surface area contributed by atoms with Crippen molar-refractivity contribution in [3.8, 4) is 0 Å². The van der Waals surface area contributed by atoms with Crippen molar-refractivity contribution in [1.29, 1.82) is 0 Å². The highest BCUT2D eigenvalue weighted by Gasteiger charge is 2.13. The molecule has 1 heterocycles. The van der Waals surface area contributed by atoms with Crippen molar-refractivity contribution in [2.24, 2.45) is 0 Å². The van der Waals surface area contributed by atoms with E-state index in [1.807, 2.05) is 11.3 Å². The van der Waals surface area contributed by atoms with Crippen LogP contribution in [0.2, 0.25) is 0 Å². The van der Waals surface area contributed by atoms with Crippen LogP contribution < -0.4 is 5.32 Å². The van der Waals surface area contributed by atoms with Gasteiger partial charge in [-0.15, -0.1) is 11.3 Å². The first-order chi connectivity index (χ1) is 8.77. The molecule has 104 valence electrons. The lowest BCUT2D eigenvalue weighted by Gasteiger charge is -2.22. The highest BCUT2D eigenvalue weighted by Crippen LogP contribution is 2.24. The zero-order valence-electron chi connectivity index (χ0n) is 12.2. The summed E-state index contributed by atoms with van der Waals surface area (Å²) in [5, 5.41) is 5.99. The second-order valence-corrected chi connectivity index (χ2v) is 6.25. The van der Waals surface area contributed by atoms with Crippen molar-refractivity contribution in [3.05, 3.63) is 22.4 Å². The number of hydrogen-bond donors (Lipinski definition) is 1. The second kappa shape index (κ2) is 9.57. The monoisotopic (exact) mass is 267 g/mol. The van der Waals surface area contributed by atoms with Gasteiger partial charge in [0.2, 0.25) is 0 Å². The van der Waals surface area contributed by atoms with Gasteiger partial charge in [-0.1, -0.05) is 52.0 Å². The van der Waals surface area contributed by atoms with Crippen LogP contribution in [0.1, 0.15) is 76.6 Å². The van der Waals surface area contributed by atoms with Crippen molar-refractivity contribution < 1.29 is 0 Å². The van der Waals surface area contributed by atoms with Gasteiger partial charge in [0.1, 0.15) is 0 Å². The Labute approximate surface area is 117 Å². The molecule has 1 aromatic rings. The van der Waals surface area contributed by atoms with E-state index in [0.717, 1.165) is 0 Å². The predicted octanol–water partition coefficient (Wildman–Crippen LogP) is 5.54. The molecule has 0 amide bonds. The third-order valence-electron chi connectivity index (χ3n) is 3.44. The van der Waals surface area contributed by atoms with E-state index in [-0.39, 0.29) is 0 Å². The van der Waals surface area contributed by atoms with Crippen molar-refractivity contribution in [1.82, 2.24) is 5.32 Å². The minimum Gasteiger partial charge on any atom is -0.307 e. The van der Waals surface area contributed by atoms with E-state index in [2.05, 4.69) is 43.6 Å². The molecule has 1 N–H and O–H groups in total. The van der Waals surface area contributed by atoms with Gasteiger partial charge < -0.3 is 5.32 Å². The van der Waals surface area contributed by atoms with Gasteiger partial charge in [-0.3, -0.25) is 0 Å². The fraction of sp³-hybridized carbons (Fsp3) is 0.750. The van der Waals surface area contributed by atoms with Crippen LogP contribution in [-0.2, 0) is 0 Å². The standard InChI is InChI=1S/C16H29NS/c1-4-6-7-8-11-14(3)17-15(10-5-2)16-12-9-13-18-16/h9,12-15,17H,4-8,10-11H2,1-3H3. The lowest BCUT2D eigenvalue weighted by Crippen LogP contribution is -2.30. The summed E-state index contributed by atoms with van der Waals surface area (Å²) < 4.78 is 0. The molecule has 1 rings (SSSR count). The van der Waals surface area contributed by atoms with Crippen molar-refractivity contribution >= 4 is 11.3 Å². The quantitative estimate of drug-likeness (QED) is 0.549. The maximum absolute atomic E-state index is 3.81. The Hall–Kier alpha value is -0.340. The largest absolute Gasteiger partial charge is 0.307 e. The van der Waals surface area contributed by atoms with Crippen LogP contribution >= 0.6 is 11.3 Å². The van der Waals surface area contributed by atoms with Gasteiger partial charge in [0, 0.05) is 17.0 Å². The van der Waals surface area contributed by atoms with Crippen LogP contribution in [0.3, 0.4) is 0 Å². The second-order valence-electron chi connectivity index (χ2n) is 5.27. The number of thiophene rings is 1. The Morgan fingerprint density at radius 2 is 1.94 bits per heavy atom. The van der Waals surface area contributed by atoms with Gasteiger partial charge in [0.25, 0.3) is 0 Å². The van der Waals surface area contributed by atoms with Crippen LogP contribution in [0.25, 0.3) is 0 Å². The van der Waals surface area contributed by atoms with E-state index in [9.17, 15) is 0 Å². The average Bonchev–Trinajstić information content (AvgIpc) is 2.88.